The van der Waals surface area contributed by atoms with Crippen LogP contribution in [0.2, 0.25) is 0 Å². The SMILES string of the molecule is O=C(NC1(c2nc(-c3cccnc3)no2)CCCCC1)C1CC(=O)N(c2ccc(F)cc2)C1. The van der Waals surface area contributed by atoms with Crippen molar-refractivity contribution in [1.29, 1.82) is 0 Å². The van der Waals surface area contributed by atoms with Gasteiger partial charge in [-0.3, -0.25) is 14.6 Å². The van der Waals surface area contributed by atoms with Gasteiger partial charge in [0.05, 0.1) is 5.92 Å². The van der Waals surface area contributed by atoms with Crippen molar-refractivity contribution >= 4 is 17.5 Å². The maximum atomic E-state index is 13.3. The third-order valence-corrected chi connectivity index (χ3v) is 6.46. The number of nitrogens with one attached hydrogen (secondary N) is 1. The second kappa shape index (κ2) is 8.73. The molecule has 3 heterocycles. The fourth-order valence-corrected chi connectivity index (χ4v) is 4.67. The van der Waals surface area contributed by atoms with E-state index < -0.39 is 11.5 Å². The van der Waals surface area contributed by atoms with Gasteiger partial charge in [0.1, 0.15) is 11.4 Å². The third-order valence-electron chi connectivity index (χ3n) is 6.46. The quantitative estimate of drug-likeness (QED) is 0.639. The maximum Gasteiger partial charge on any atom is 0.252 e. The number of benzene rings is 1. The molecule has 8 nitrogen and oxygen atoms in total. The van der Waals surface area contributed by atoms with Gasteiger partial charge in [-0.2, -0.15) is 4.98 Å². The Balaban J connectivity index is 1.35. The summed E-state index contributed by atoms with van der Waals surface area (Å²) in [6.07, 6.45) is 7.74. The molecule has 0 spiro atoms. The number of carbonyl (C=O) groups is 2. The largest absolute Gasteiger partial charge is 0.341 e. The second-order valence-corrected chi connectivity index (χ2v) is 8.68. The van der Waals surface area contributed by atoms with Gasteiger partial charge in [0.2, 0.25) is 17.6 Å². The molecular weight excluding hydrogens is 425 g/mol. The summed E-state index contributed by atoms with van der Waals surface area (Å²) >= 11 is 0. The van der Waals surface area contributed by atoms with E-state index in [1.165, 1.54) is 17.0 Å². The molecule has 0 radical (unpaired) electrons. The lowest BCUT2D eigenvalue weighted by molar-refractivity contribution is -0.129. The number of rotatable bonds is 5. The van der Waals surface area contributed by atoms with Crippen LogP contribution in [0, 0.1) is 11.7 Å². The molecule has 2 aliphatic rings. The number of pyridine rings is 1. The van der Waals surface area contributed by atoms with Crippen molar-refractivity contribution in [2.24, 2.45) is 5.92 Å². The third kappa shape index (κ3) is 4.22. The number of nitrogens with zero attached hydrogens (tertiary/aromatic N) is 4. The summed E-state index contributed by atoms with van der Waals surface area (Å²) in [7, 11) is 0. The smallest absolute Gasteiger partial charge is 0.252 e. The maximum absolute atomic E-state index is 13.3. The molecule has 1 saturated carbocycles. The molecule has 2 aromatic heterocycles. The lowest BCUT2D eigenvalue weighted by atomic mass is 9.81. The highest BCUT2D eigenvalue weighted by molar-refractivity contribution is 6.00. The van der Waals surface area contributed by atoms with E-state index in [9.17, 15) is 14.0 Å². The van der Waals surface area contributed by atoms with Gasteiger partial charge in [-0.1, -0.05) is 24.4 Å². The van der Waals surface area contributed by atoms with E-state index in [1.807, 2.05) is 6.07 Å². The van der Waals surface area contributed by atoms with Crippen LogP contribution in [0.5, 0.6) is 0 Å². The first-order valence-electron chi connectivity index (χ1n) is 11.2. The van der Waals surface area contributed by atoms with Gasteiger partial charge < -0.3 is 14.7 Å². The number of anilines is 1. The summed E-state index contributed by atoms with van der Waals surface area (Å²) in [5.41, 5.74) is 0.568. The van der Waals surface area contributed by atoms with Crippen LogP contribution in [-0.4, -0.2) is 33.5 Å². The molecule has 3 aromatic rings. The number of hydrogen-bond donors (Lipinski definition) is 1. The lowest BCUT2D eigenvalue weighted by Gasteiger charge is -2.35. The Bertz CT molecular complexity index is 1140. The zero-order chi connectivity index (χ0) is 22.8. The van der Waals surface area contributed by atoms with Gasteiger partial charge in [-0.05, 0) is 49.2 Å². The van der Waals surface area contributed by atoms with E-state index in [0.29, 0.717) is 30.2 Å². The first-order chi connectivity index (χ1) is 16.0. The lowest BCUT2D eigenvalue weighted by Crippen LogP contribution is -2.50. The summed E-state index contributed by atoms with van der Waals surface area (Å²) in [5, 5.41) is 7.28. The second-order valence-electron chi connectivity index (χ2n) is 8.68. The molecule has 1 N–H and O–H groups in total. The minimum absolute atomic E-state index is 0.101. The van der Waals surface area contributed by atoms with Crippen LogP contribution in [0.25, 0.3) is 11.4 Å². The topological polar surface area (TPSA) is 101 Å². The molecule has 1 aliphatic heterocycles. The van der Waals surface area contributed by atoms with E-state index in [1.54, 1.807) is 30.6 Å². The van der Waals surface area contributed by atoms with Crippen molar-refractivity contribution in [3.63, 3.8) is 0 Å². The zero-order valence-corrected chi connectivity index (χ0v) is 18.0. The van der Waals surface area contributed by atoms with Crippen LogP contribution in [0.15, 0.2) is 53.3 Å². The monoisotopic (exact) mass is 449 g/mol. The molecule has 0 bridgehead atoms. The van der Waals surface area contributed by atoms with Crippen molar-refractivity contribution < 1.29 is 18.5 Å². The minimum atomic E-state index is -0.755. The summed E-state index contributed by atoms with van der Waals surface area (Å²) < 4.78 is 18.9. The van der Waals surface area contributed by atoms with Crippen molar-refractivity contribution in [1.82, 2.24) is 20.4 Å². The molecule has 33 heavy (non-hydrogen) atoms. The zero-order valence-electron chi connectivity index (χ0n) is 18.0. The Morgan fingerprint density at radius 3 is 2.67 bits per heavy atom. The van der Waals surface area contributed by atoms with E-state index in [4.69, 9.17) is 4.52 Å². The predicted molar refractivity (Wildman–Crippen MR) is 117 cm³/mol. The fraction of sp³-hybridized carbons (Fsp3) is 0.375. The molecular formula is C24H24FN5O3. The molecule has 1 saturated heterocycles. The molecule has 2 fully saturated rings. The average Bonchev–Trinajstić information content (AvgIpc) is 3.49. The van der Waals surface area contributed by atoms with Crippen LogP contribution in [0.4, 0.5) is 10.1 Å². The normalized spacial score (nSPS) is 20.1. The van der Waals surface area contributed by atoms with E-state index in [0.717, 1.165) is 24.8 Å². The molecule has 9 heteroatoms. The van der Waals surface area contributed by atoms with Crippen LogP contribution in [0.3, 0.4) is 0 Å². The molecule has 2 amide bonds. The Labute approximate surface area is 190 Å². The number of aromatic nitrogens is 3. The van der Waals surface area contributed by atoms with Crippen molar-refractivity contribution in [2.75, 3.05) is 11.4 Å². The van der Waals surface area contributed by atoms with Gasteiger partial charge in [-0.25, -0.2) is 4.39 Å². The predicted octanol–water partition coefficient (Wildman–Crippen LogP) is 3.60. The Morgan fingerprint density at radius 1 is 1.15 bits per heavy atom. The average molecular weight is 449 g/mol. The van der Waals surface area contributed by atoms with Gasteiger partial charge in [-0.15, -0.1) is 0 Å². The van der Waals surface area contributed by atoms with Gasteiger partial charge in [0, 0.05) is 36.6 Å². The Hall–Kier alpha value is -3.62. The molecule has 1 atom stereocenters. The fourth-order valence-electron chi connectivity index (χ4n) is 4.67. The van der Waals surface area contributed by atoms with E-state index in [-0.39, 0.29) is 30.6 Å². The molecule has 170 valence electrons. The highest BCUT2D eigenvalue weighted by Crippen LogP contribution is 2.38. The number of amides is 2. The van der Waals surface area contributed by atoms with Crippen LogP contribution >= 0.6 is 0 Å². The number of carbonyl (C=O) groups excluding carboxylic acids is 2. The summed E-state index contributed by atoms with van der Waals surface area (Å²) in [4.78, 5) is 36.1. The van der Waals surface area contributed by atoms with E-state index >= 15 is 0 Å². The van der Waals surface area contributed by atoms with Crippen molar-refractivity contribution in [3.8, 4) is 11.4 Å². The van der Waals surface area contributed by atoms with Gasteiger partial charge in [0.25, 0.3) is 5.89 Å². The first-order valence-corrected chi connectivity index (χ1v) is 11.2. The summed E-state index contributed by atoms with van der Waals surface area (Å²) in [6, 6.07) is 9.36. The van der Waals surface area contributed by atoms with Crippen molar-refractivity contribution in [2.45, 2.75) is 44.1 Å². The summed E-state index contributed by atoms with van der Waals surface area (Å²) in [5.74, 6) is -0.441. The highest BCUT2D eigenvalue weighted by Gasteiger charge is 2.44. The number of hydrogen-bond acceptors (Lipinski definition) is 6. The van der Waals surface area contributed by atoms with Crippen LogP contribution < -0.4 is 10.2 Å². The highest BCUT2D eigenvalue weighted by atomic mass is 19.1. The Kier molecular flexibility index (Phi) is 5.62. The summed E-state index contributed by atoms with van der Waals surface area (Å²) in [6.45, 7) is 0.247. The molecule has 1 unspecified atom stereocenters. The van der Waals surface area contributed by atoms with Gasteiger partial charge in [0.15, 0.2) is 0 Å². The van der Waals surface area contributed by atoms with Gasteiger partial charge >= 0.3 is 0 Å². The molecule has 5 rings (SSSR count). The van der Waals surface area contributed by atoms with Crippen LogP contribution in [0.1, 0.15) is 44.4 Å². The molecule has 1 aromatic carbocycles. The first kappa shape index (κ1) is 21.2. The van der Waals surface area contributed by atoms with Crippen molar-refractivity contribution in [3.05, 3.63) is 60.5 Å². The van der Waals surface area contributed by atoms with Crippen LogP contribution in [-0.2, 0) is 15.1 Å². The Morgan fingerprint density at radius 2 is 1.94 bits per heavy atom. The number of halogens is 1. The van der Waals surface area contributed by atoms with E-state index in [2.05, 4.69) is 20.4 Å². The standard InChI is InChI=1S/C24H24FN5O3/c25-18-6-8-19(9-7-18)30-15-17(13-20(30)31)22(32)28-24(10-2-1-3-11-24)23-27-21(29-33-23)16-5-4-12-26-14-16/h4-9,12,14,17H,1-3,10-11,13,15H2,(H,28,32). The molecule has 1 aliphatic carbocycles. The minimum Gasteiger partial charge on any atom is -0.341 e.